The van der Waals surface area contributed by atoms with Crippen LogP contribution < -0.4 is 10.1 Å². The van der Waals surface area contributed by atoms with Crippen LogP contribution in [0.4, 0.5) is 4.39 Å². The smallest absolute Gasteiger partial charge is 0.258 e. The second-order valence-corrected chi connectivity index (χ2v) is 7.42. The van der Waals surface area contributed by atoms with E-state index in [-0.39, 0.29) is 18.3 Å². The molecule has 0 fully saturated rings. The second-order valence-electron chi connectivity index (χ2n) is 5.24. The number of benzene rings is 1. The highest BCUT2D eigenvalue weighted by Crippen LogP contribution is 2.30. The van der Waals surface area contributed by atoms with E-state index in [1.807, 2.05) is 29.6 Å². The van der Waals surface area contributed by atoms with Crippen molar-refractivity contribution in [3.63, 3.8) is 0 Å². The average Bonchev–Trinajstić information content (AvgIpc) is 3.30. The predicted molar refractivity (Wildman–Crippen MR) is 96.4 cm³/mol. The Morgan fingerprint density at radius 3 is 2.68 bits per heavy atom. The molecule has 25 heavy (non-hydrogen) atoms. The van der Waals surface area contributed by atoms with Crippen LogP contribution in [0, 0.1) is 5.82 Å². The molecule has 1 unspecified atom stereocenters. The van der Waals surface area contributed by atoms with Crippen molar-refractivity contribution in [1.29, 1.82) is 0 Å². The number of hydrogen-bond donors (Lipinski definition) is 2. The van der Waals surface area contributed by atoms with Gasteiger partial charge in [0.2, 0.25) is 0 Å². The van der Waals surface area contributed by atoms with Crippen molar-refractivity contribution < 1.29 is 19.0 Å². The van der Waals surface area contributed by atoms with Crippen LogP contribution in [0.5, 0.6) is 5.75 Å². The molecule has 0 aliphatic carbocycles. The molecule has 1 amide bonds. The van der Waals surface area contributed by atoms with E-state index in [0.29, 0.717) is 12.3 Å². The van der Waals surface area contributed by atoms with Crippen molar-refractivity contribution in [2.45, 2.75) is 12.6 Å². The van der Waals surface area contributed by atoms with Crippen LogP contribution >= 0.6 is 22.7 Å². The van der Waals surface area contributed by atoms with Gasteiger partial charge < -0.3 is 15.2 Å². The summed E-state index contributed by atoms with van der Waals surface area (Å²) in [5.74, 6) is -0.179. The molecule has 0 aliphatic heterocycles. The Hall–Kier alpha value is -2.22. The molecule has 2 N–H and O–H groups in total. The SMILES string of the molecule is O=C(COc1ccc(F)cc1)NCc1ccc(C(O)c2cccs2)s1. The third-order valence-corrected chi connectivity index (χ3v) is 5.47. The van der Waals surface area contributed by atoms with Crippen molar-refractivity contribution in [1.82, 2.24) is 5.32 Å². The zero-order valence-electron chi connectivity index (χ0n) is 13.1. The van der Waals surface area contributed by atoms with Gasteiger partial charge >= 0.3 is 0 Å². The lowest BCUT2D eigenvalue weighted by atomic mass is 10.2. The predicted octanol–water partition coefficient (Wildman–Crippen LogP) is 3.73. The molecule has 0 saturated heterocycles. The van der Waals surface area contributed by atoms with Gasteiger partial charge in [0.05, 0.1) is 6.54 Å². The first-order valence-corrected chi connectivity index (χ1v) is 9.26. The first-order chi connectivity index (χ1) is 12.1. The van der Waals surface area contributed by atoms with Crippen LogP contribution in [0.15, 0.2) is 53.9 Å². The summed E-state index contributed by atoms with van der Waals surface area (Å²) in [6.45, 7) is 0.231. The minimum absolute atomic E-state index is 0.137. The van der Waals surface area contributed by atoms with Gasteiger partial charge in [-0.25, -0.2) is 4.39 Å². The molecule has 7 heteroatoms. The maximum Gasteiger partial charge on any atom is 0.258 e. The lowest BCUT2D eigenvalue weighted by Crippen LogP contribution is -2.28. The number of aliphatic hydroxyl groups excluding tert-OH is 1. The number of nitrogens with one attached hydrogen (secondary N) is 1. The first-order valence-electron chi connectivity index (χ1n) is 7.57. The second kappa shape index (κ2) is 8.24. The molecule has 0 spiro atoms. The summed E-state index contributed by atoms with van der Waals surface area (Å²) in [4.78, 5) is 14.5. The minimum Gasteiger partial charge on any atom is -0.484 e. The number of carbonyl (C=O) groups excluding carboxylic acids is 1. The number of amides is 1. The maximum atomic E-state index is 12.8. The molecule has 0 bridgehead atoms. The number of hydrogen-bond acceptors (Lipinski definition) is 5. The largest absolute Gasteiger partial charge is 0.484 e. The van der Waals surface area contributed by atoms with E-state index >= 15 is 0 Å². The number of thiophene rings is 2. The monoisotopic (exact) mass is 377 g/mol. The zero-order chi connectivity index (χ0) is 17.6. The lowest BCUT2D eigenvalue weighted by Gasteiger charge is -2.07. The van der Waals surface area contributed by atoms with E-state index in [1.165, 1.54) is 46.9 Å². The zero-order valence-corrected chi connectivity index (χ0v) is 14.8. The van der Waals surface area contributed by atoms with Gasteiger partial charge in [0.25, 0.3) is 5.91 Å². The van der Waals surface area contributed by atoms with Crippen molar-refractivity contribution >= 4 is 28.6 Å². The Balaban J connectivity index is 1.47. The molecule has 3 aromatic rings. The third kappa shape index (κ3) is 4.88. The molecule has 0 aliphatic rings. The quantitative estimate of drug-likeness (QED) is 0.660. The van der Waals surface area contributed by atoms with Crippen LogP contribution in [0.25, 0.3) is 0 Å². The van der Waals surface area contributed by atoms with E-state index in [0.717, 1.165) is 14.6 Å². The van der Waals surface area contributed by atoms with Gasteiger partial charge in [0.1, 0.15) is 17.7 Å². The Kier molecular flexibility index (Phi) is 5.80. The van der Waals surface area contributed by atoms with Crippen LogP contribution in [-0.2, 0) is 11.3 Å². The van der Waals surface area contributed by atoms with Crippen molar-refractivity contribution in [3.05, 3.63) is 74.4 Å². The fourth-order valence-corrected chi connectivity index (χ4v) is 3.90. The molecule has 4 nitrogen and oxygen atoms in total. The van der Waals surface area contributed by atoms with Crippen molar-refractivity contribution in [2.24, 2.45) is 0 Å². The highest BCUT2D eigenvalue weighted by molar-refractivity contribution is 7.12. The first kappa shape index (κ1) is 17.6. The van der Waals surface area contributed by atoms with Gasteiger partial charge in [-0.1, -0.05) is 6.07 Å². The maximum absolute atomic E-state index is 12.8. The summed E-state index contributed by atoms with van der Waals surface area (Å²) in [6, 6.07) is 13.0. The van der Waals surface area contributed by atoms with Gasteiger partial charge in [-0.3, -0.25) is 4.79 Å². The van der Waals surface area contributed by atoms with Crippen LogP contribution in [0.1, 0.15) is 20.7 Å². The molecule has 1 atom stereocenters. The Morgan fingerprint density at radius 1 is 1.16 bits per heavy atom. The highest BCUT2D eigenvalue weighted by Gasteiger charge is 2.14. The van der Waals surface area contributed by atoms with E-state index in [9.17, 15) is 14.3 Å². The van der Waals surface area contributed by atoms with Crippen molar-refractivity contribution in [3.8, 4) is 5.75 Å². The third-order valence-electron chi connectivity index (χ3n) is 3.41. The number of carbonyl (C=O) groups is 1. The molecule has 1 aromatic carbocycles. The van der Waals surface area contributed by atoms with Crippen LogP contribution in [-0.4, -0.2) is 17.6 Å². The van der Waals surface area contributed by atoms with E-state index in [4.69, 9.17) is 4.74 Å². The van der Waals surface area contributed by atoms with Gasteiger partial charge in [-0.2, -0.15) is 0 Å². The fraction of sp³-hybridized carbons (Fsp3) is 0.167. The van der Waals surface area contributed by atoms with E-state index in [2.05, 4.69) is 5.32 Å². The summed E-state index contributed by atoms with van der Waals surface area (Å²) in [5, 5.41) is 15.0. The van der Waals surface area contributed by atoms with Crippen molar-refractivity contribution in [2.75, 3.05) is 6.61 Å². The minimum atomic E-state index is -0.628. The van der Waals surface area contributed by atoms with E-state index < -0.39 is 6.10 Å². The Labute approximate surface area is 152 Å². The fourth-order valence-electron chi connectivity index (χ4n) is 2.14. The average molecular weight is 377 g/mol. The summed E-state index contributed by atoms with van der Waals surface area (Å²) < 4.78 is 18.1. The standard InChI is InChI=1S/C18H16FNO3S2/c19-12-3-5-13(6-4-12)23-11-17(21)20-10-14-7-8-16(25-14)18(22)15-2-1-9-24-15/h1-9,18,22H,10-11H2,(H,20,21). The van der Waals surface area contributed by atoms with Crippen LogP contribution in [0.2, 0.25) is 0 Å². The Morgan fingerprint density at radius 2 is 1.96 bits per heavy atom. The number of ether oxygens (including phenoxy) is 1. The molecule has 0 radical (unpaired) electrons. The number of rotatable bonds is 7. The van der Waals surface area contributed by atoms with Gasteiger partial charge in [-0.05, 0) is 47.8 Å². The normalized spacial score (nSPS) is 11.9. The lowest BCUT2D eigenvalue weighted by molar-refractivity contribution is -0.123. The van der Waals surface area contributed by atoms with E-state index in [1.54, 1.807) is 0 Å². The van der Waals surface area contributed by atoms with Gasteiger partial charge in [0, 0.05) is 14.6 Å². The van der Waals surface area contributed by atoms with Gasteiger partial charge in [0.15, 0.2) is 6.61 Å². The summed E-state index contributed by atoms with van der Waals surface area (Å²) in [5.41, 5.74) is 0. The molecule has 2 aromatic heterocycles. The molecule has 130 valence electrons. The molecule has 2 heterocycles. The summed E-state index contributed by atoms with van der Waals surface area (Å²) in [6.07, 6.45) is -0.628. The molecular weight excluding hydrogens is 361 g/mol. The molecule has 0 saturated carbocycles. The number of aliphatic hydroxyl groups is 1. The molecule has 3 rings (SSSR count). The topological polar surface area (TPSA) is 58.6 Å². The number of halogens is 1. The summed E-state index contributed by atoms with van der Waals surface area (Å²) in [7, 11) is 0. The summed E-state index contributed by atoms with van der Waals surface area (Å²) >= 11 is 2.96. The Bertz CT molecular complexity index is 815. The van der Waals surface area contributed by atoms with Gasteiger partial charge in [-0.15, -0.1) is 22.7 Å². The molecular formula is C18H16FNO3S2. The van der Waals surface area contributed by atoms with Crippen LogP contribution in [0.3, 0.4) is 0 Å². The highest BCUT2D eigenvalue weighted by atomic mass is 32.1.